The number of nitrogens with two attached hydrogens (primary N) is 1. The molecule has 4 heteroatoms. The summed E-state index contributed by atoms with van der Waals surface area (Å²) in [4.78, 5) is 4.85. The zero-order valence-electron chi connectivity index (χ0n) is 9.40. The van der Waals surface area contributed by atoms with Crippen LogP contribution in [0.3, 0.4) is 0 Å². The third kappa shape index (κ3) is 2.75. The van der Waals surface area contributed by atoms with Crippen molar-refractivity contribution in [1.29, 1.82) is 0 Å². The zero-order chi connectivity index (χ0) is 11.4. The Labute approximate surface area is 105 Å². The van der Waals surface area contributed by atoms with E-state index in [9.17, 15) is 0 Å². The van der Waals surface area contributed by atoms with E-state index in [4.69, 9.17) is 5.73 Å². The number of rotatable bonds is 3. The molecule has 1 saturated heterocycles. The van der Waals surface area contributed by atoms with E-state index < -0.39 is 0 Å². The van der Waals surface area contributed by atoms with Gasteiger partial charge in [-0.15, -0.1) is 0 Å². The van der Waals surface area contributed by atoms with E-state index in [0.717, 1.165) is 39.3 Å². The molecule has 0 aliphatic carbocycles. The molecular formula is C12H18BrN3. The number of hydrogen-bond donors (Lipinski definition) is 1. The minimum Gasteiger partial charge on any atom is -0.368 e. The van der Waals surface area contributed by atoms with Crippen LogP contribution in [0.1, 0.15) is 0 Å². The summed E-state index contributed by atoms with van der Waals surface area (Å²) in [6.45, 7) is 6.17. The Balaban J connectivity index is 1.96. The summed E-state index contributed by atoms with van der Waals surface area (Å²) in [5, 5.41) is 0. The third-order valence-corrected chi connectivity index (χ3v) is 3.68. The Morgan fingerprint density at radius 1 is 1.12 bits per heavy atom. The van der Waals surface area contributed by atoms with Crippen molar-refractivity contribution in [1.82, 2.24) is 4.90 Å². The summed E-state index contributed by atoms with van der Waals surface area (Å²) in [7, 11) is 0. The minimum absolute atomic E-state index is 0.759. The molecule has 3 nitrogen and oxygen atoms in total. The van der Waals surface area contributed by atoms with Crippen molar-refractivity contribution in [2.45, 2.75) is 0 Å². The Morgan fingerprint density at radius 3 is 2.44 bits per heavy atom. The average molecular weight is 284 g/mol. The van der Waals surface area contributed by atoms with Gasteiger partial charge in [-0.1, -0.05) is 12.1 Å². The maximum Gasteiger partial charge on any atom is 0.0511 e. The predicted octanol–water partition coefficient (Wildman–Crippen LogP) is 1.53. The van der Waals surface area contributed by atoms with Gasteiger partial charge in [0.05, 0.1) is 5.69 Å². The van der Waals surface area contributed by atoms with Crippen molar-refractivity contribution < 1.29 is 0 Å². The highest BCUT2D eigenvalue weighted by atomic mass is 79.9. The number of hydrogen-bond acceptors (Lipinski definition) is 3. The van der Waals surface area contributed by atoms with Gasteiger partial charge in [0.2, 0.25) is 0 Å². The van der Waals surface area contributed by atoms with Crippen LogP contribution in [0, 0.1) is 0 Å². The second-order valence-electron chi connectivity index (χ2n) is 4.07. The first-order chi connectivity index (χ1) is 7.81. The number of halogens is 1. The normalized spacial score (nSPS) is 17.8. The number of benzene rings is 1. The number of anilines is 1. The molecule has 0 saturated carbocycles. The molecule has 0 spiro atoms. The maximum absolute atomic E-state index is 5.57. The van der Waals surface area contributed by atoms with E-state index in [1.165, 1.54) is 10.2 Å². The summed E-state index contributed by atoms with van der Waals surface area (Å²) in [6.07, 6.45) is 0. The van der Waals surface area contributed by atoms with E-state index >= 15 is 0 Å². The second-order valence-corrected chi connectivity index (χ2v) is 4.92. The molecule has 88 valence electrons. The Morgan fingerprint density at radius 2 is 1.81 bits per heavy atom. The summed E-state index contributed by atoms with van der Waals surface area (Å²) in [5.41, 5.74) is 6.87. The molecule has 2 N–H and O–H groups in total. The molecule has 0 bridgehead atoms. The lowest BCUT2D eigenvalue weighted by Gasteiger charge is -2.36. The largest absolute Gasteiger partial charge is 0.368 e. The molecule has 2 rings (SSSR count). The van der Waals surface area contributed by atoms with Crippen LogP contribution in [0.2, 0.25) is 0 Å². The first kappa shape index (κ1) is 11.9. The van der Waals surface area contributed by atoms with E-state index in [1.807, 2.05) is 0 Å². The van der Waals surface area contributed by atoms with Gasteiger partial charge in [0.1, 0.15) is 0 Å². The Kier molecular flexibility index (Phi) is 4.21. The molecule has 1 aliphatic heterocycles. The zero-order valence-corrected chi connectivity index (χ0v) is 11.0. The molecular weight excluding hydrogens is 266 g/mol. The van der Waals surface area contributed by atoms with Crippen molar-refractivity contribution in [2.75, 3.05) is 44.2 Å². The number of piperazine rings is 1. The van der Waals surface area contributed by atoms with E-state index in [1.54, 1.807) is 0 Å². The second kappa shape index (κ2) is 5.66. The summed E-state index contributed by atoms with van der Waals surface area (Å²) < 4.78 is 1.18. The van der Waals surface area contributed by atoms with Crippen molar-refractivity contribution in [3.05, 3.63) is 28.7 Å². The van der Waals surface area contributed by atoms with Gasteiger partial charge in [-0.05, 0) is 28.1 Å². The summed E-state index contributed by atoms with van der Waals surface area (Å²) in [5.74, 6) is 0. The van der Waals surface area contributed by atoms with E-state index in [2.05, 4.69) is 50.0 Å². The quantitative estimate of drug-likeness (QED) is 0.913. The summed E-state index contributed by atoms with van der Waals surface area (Å²) in [6, 6.07) is 8.41. The van der Waals surface area contributed by atoms with E-state index in [0.29, 0.717) is 0 Å². The third-order valence-electron chi connectivity index (χ3n) is 3.01. The van der Waals surface area contributed by atoms with Crippen molar-refractivity contribution in [3.63, 3.8) is 0 Å². The standard InChI is InChI=1S/C12H18BrN3/c13-11-3-1-2-4-12(11)16-9-7-15(6-5-14)8-10-16/h1-4H,5-10,14H2. The minimum atomic E-state index is 0.759. The highest BCUT2D eigenvalue weighted by Crippen LogP contribution is 2.26. The molecule has 1 aromatic carbocycles. The lowest BCUT2D eigenvalue weighted by atomic mass is 10.2. The number of nitrogens with zero attached hydrogens (tertiary/aromatic N) is 2. The lowest BCUT2D eigenvalue weighted by molar-refractivity contribution is 0.265. The average Bonchev–Trinajstić information content (AvgIpc) is 2.31. The SMILES string of the molecule is NCCN1CCN(c2ccccc2Br)CC1. The summed E-state index contributed by atoms with van der Waals surface area (Å²) >= 11 is 3.60. The van der Waals surface area contributed by atoms with Gasteiger partial charge in [0, 0.05) is 43.7 Å². The van der Waals surface area contributed by atoms with Gasteiger partial charge in [0.15, 0.2) is 0 Å². The van der Waals surface area contributed by atoms with Crippen LogP contribution in [0.15, 0.2) is 28.7 Å². The smallest absolute Gasteiger partial charge is 0.0511 e. The van der Waals surface area contributed by atoms with E-state index in [-0.39, 0.29) is 0 Å². The van der Waals surface area contributed by atoms with Gasteiger partial charge in [0.25, 0.3) is 0 Å². The van der Waals surface area contributed by atoms with Gasteiger partial charge in [-0.25, -0.2) is 0 Å². The fourth-order valence-electron chi connectivity index (χ4n) is 2.10. The Bertz CT molecular complexity index is 335. The first-order valence-electron chi connectivity index (χ1n) is 5.73. The van der Waals surface area contributed by atoms with Crippen LogP contribution < -0.4 is 10.6 Å². The molecule has 0 amide bonds. The molecule has 0 aromatic heterocycles. The molecule has 1 aromatic rings. The lowest BCUT2D eigenvalue weighted by Crippen LogP contribution is -2.47. The molecule has 0 radical (unpaired) electrons. The van der Waals surface area contributed by atoms with Gasteiger partial charge >= 0.3 is 0 Å². The molecule has 16 heavy (non-hydrogen) atoms. The van der Waals surface area contributed by atoms with Crippen LogP contribution in [-0.2, 0) is 0 Å². The van der Waals surface area contributed by atoms with Crippen LogP contribution in [0.4, 0.5) is 5.69 Å². The fraction of sp³-hybridized carbons (Fsp3) is 0.500. The van der Waals surface area contributed by atoms with Gasteiger partial charge in [-0.3, -0.25) is 4.90 Å². The fourth-order valence-corrected chi connectivity index (χ4v) is 2.64. The topological polar surface area (TPSA) is 32.5 Å². The van der Waals surface area contributed by atoms with Crippen LogP contribution in [-0.4, -0.2) is 44.2 Å². The van der Waals surface area contributed by atoms with Crippen molar-refractivity contribution >= 4 is 21.6 Å². The monoisotopic (exact) mass is 283 g/mol. The van der Waals surface area contributed by atoms with Crippen LogP contribution in [0.5, 0.6) is 0 Å². The molecule has 1 heterocycles. The van der Waals surface area contributed by atoms with Crippen LogP contribution in [0.25, 0.3) is 0 Å². The van der Waals surface area contributed by atoms with Crippen LogP contribution >= 0.6 is 15.9 Å². The molecule has 0 unspecified atom stereocenters. The molecule has 1 fully saturated rings. The molecule has 0 atom stereocenters. The first-order valence-corrected chi connectivity index (χ1v) is 6.52. The highest BCUT2D eigenvalue weighted by molar-refractivity contribution is 9.10. The predicted molar refractivity (Wildman–Crippen MR) is 71.8 cm³/mol. The maximum atomic E-state index is 5.57. The Hall–Kier alpha value is -0.580. The van der Waals surface area contributed by atoms with Gasteiger partial charge in [-0.2, -0.15) is 0 Å². The van der Waals surface area contributed by atoms with Crippen molar-refractivity contribution in [3.8, 4) is 0 Å². The highest BCUT2D eigenvalue weighted by Gasteiger charge is 2.17. The molecule has 1 aliphatic rings. The van der Waals surface area contributed by atoms with Gasteiger partial charge < -0.3 is 10.6 Å². The number of para-hydroxylation sites is 1. The van der Waals surface area contributed by atoms with Crippen molar-refractivity contribution in [2.24, 2.45) is 5.73 Å².